The lowest BCUT2D eigenvalue weighted by Crippen LogP contribution is -2.47. The zero-order valence-electron chi connectivity index (χ0n) is 21.2. The highest BCUT2D eigenvalue weighted by molar-refractivity contribution is 6.32. The summed E-state index contributed by atoms with van der Waals surface area (Å²) >= 11 is 6.28. The lowest BCUT2D eigenvalue weighted by Gasteiger charge is -2.30. The summed E-state index contributed by atoms with van der Waals surface area (Å²) in [5.74, 6) is 0.210. The number of amides is 3. The predicted molar refractivity (Wildman–Crippen MR) is 141 cm³/mol. The van der Waals surface area contributed by atoms with E-state index < -0.39 is 6.04 Å². The Morgan fingerprint density at radius 2 is 1.72 bits per heavy atom. The Morgan fingerprint density at radius 1 is 1.03 bits per heavy atom. The summed E-state index contributed by atoms with van der Waals surface area (Å²) in [7, 11) is 1.56. The van der Waals surface area contributed by atoms with Crippen molar-refractivity contribution < 1.29 is 19.1 Å². The van der Waals surface area contributed by atoms with Crippen molar-refractivity contribution in [2.45, 2.75) is 64.6 Å². The standard InChI is InChI=1S/C28H36ClN3O4/c1-18(2)36-25-14-13-22(16-23(25)29)27(34)32-24(28(35)30-3)15-19-9-11-21(12-10-19)26(33)31-17-20-7-5-4-6-8-20/h4-8,13-14,16,18-19,21,24H,9-12,15,17H2,1-3H3,(H,30,35)(H,31,33)(H,32,34). The molecule has 7 nitrogen and oxygen atoms in total. The number of carbonyl (C=O) groups is 3. The molecule has 1 aliphatic rings. The van der Waals surface area contributed by atoms with Crippen LogP contribution in [0.1, 0.15) is 61.9 Å². The highest BCUT2D eigenvalue weighted by atomic mass is 35.5. The lowest BCUT2D eigenvalue weighted by molar-refractivity contribution is -0.127. The van der Waals surface area contributed by atoms with E-state index in [1.165, 1.54) is 0 Å². The van der Waals surface area contributed by atoms with Gasteiger partial charge in [-0.2, -0.15) is 0 Å². The Labute approximate surface area is 218 Å². The fraction of sp³-hybridized carbons (Fsp3) is 0.464. The maximum Gasteiger partial charge on any atom is 0.251 e. The molecule has 0 aromatic heterocycles. The van der Waals surface area contributed by atoms with Crippen LogP contribution in [0.2, 0.25) is 5.02 Å². The number of hydrogen-bond acceptors (Lipinski definition) is 4. The van der Waals surface area contributed by atoms with Gasteiger partial charge in [-0.15, -0.1) is 0 Å². The van der Waals surface area contributed by atoms with E-state index in [4.69, 9.17) is 16.3 Å². The van der Waals surface area contributed by atoms with Gasteiger partial charge in [0.1, 0.15) is 11.8 Å². The Kier molecular flexibility index (Phi) is 10.2. The normalized spacial score (nSPS) is 18.2. The minimum atomic E-state index is -0.665. The molecule has 2 aromatic rings. The highest BCUT2D eigenvalue weighted by Crippen LogP contribution is 2.32. The van der Waals surface area contributed by atoms with Crippen LogP contribution < -0.4 is 20.7 Å². The van der Waals surface area contributed by atoms with Crippen molar-refractivity contribution in [1.29, 1.82) is 0 Å². The molecule has 194 valence electrons. The van der Waals surface area contributed by atoms with Gasteiger partial charge in [-0.1, -0.05) is 41.9 Å². The van der Waals surface area contributed by atoms with Crippen molar-refractivity contribution in [2.24, 2.45) is 11.8 Å². The van der Waals surface area contributed by atoms with E-state index in [1.807, 2.05) is 44.2 Å². The molecule has 3 N–H and O–H groups in total. The van der Waals surface area contributed by atoms with E-state index in [1.54, 1.807) is 25.2 Å². The smallest absolute Gasteiger partial charge is 0.251 e. The molecular weight excluding hydrogens is 478 g/mol. The molecule has 8 heteroatoms. The molecule has 3 amide bonds. The molecule has 1 fully saturated rings. The molecule has 0 aliphatic heterocycles. The maximum atomic E-state index is 12.9. The third-order valence-corrected chi connectivity index (χ3v) is 6.82. The second kappa shape index (κ2) is 13.3. The molecule has 0 bridgehead atoms. The number of halogens is 1. The van der Waals surface area contributed by atoms with Crippen LogP contribution in [-0.4, -0.2) is 36.9 Å². The summed E-state index contributed by atoms with van der Waals surface area (Å²) in [6, 6.07) is 14.0. The van der Waals surface area contributed by atoms with Crippen LogP contribution in [0.4, 0.5) is 0 Å². The molecule has 0 heterocycles. The first-order valence-corrected chi connectivity index (χ1v) is 12.9. The van der Waals surface area contributed by atoms with Crippen molar-refractivity contribution in [3.8, 4) is 5.75 Å². The number of nitrogens with one attached hydrogen (secondary N) is 3. The Hall–Kier alpha value is -3.06. The molecule has 2 aromatic carbocycles. The van der Waals surface area contributed by atoms with E-state index in [-0.39, 0.29) is 35.7 Å². The van der Waals surface area contributed by atoms with Gasteiger partial charge in [0.25, 0.3) is 5.91 Å². The molecule has 36 heavy (non-hydrogen) atoms. The maximum absolute atomic E-state index is 12.9. The number of hydrogen-bond donors (Lipinski definition) is 3. The first-order valence-electron chi connectivity index (χ1n) is 12.6. The topological polar surface area (TPSA) is 96.5 Å². The quantitative estimate of drug-likeness (QED) is 0.436. The van der Waals surface area contributed by atoms with E-state index in [0.717, 1.165) is 31.2 Å². The number of ether oxygens (including phenoxy) is 1. The van der Waals surface area contributed by atoms with E-state index in [2.05, 4.69) is 16.0 Å². The Bertz CT molecular complexity index is 1040. The van der Waals surface area contributed by atoms with Crippen LogP contribution in [-0.2, 0) is 16.1 Å². The zero-order valence-corrected chi connectivity index (χ0v) is 21.9. The summed E-state index contributed by atoms with van der Waals surface area (Å²) in [5, 5.41) is 8.89. The average molecular weight is 514 g/mol. The monoisotopic (exact) mass is 513 g/mol. The van der Waals surface area contributed by atoms with Crippen molar-refractivity contribution >= 4 is 29.3 Å². The molecule has 1 aliphatic carbocycles. The van der Waals surface area contributed by atoms with Gasteiger partial charge in [-0.3, -0.25) is 14.4 Å². The Morgan fingerprint density at radius 3 is 2.33 bits per heavy atom. The highest BCUT2D eigenvalue weighted by Gasteiger charge is 2.30. The lowest BCUT2D eigenvalue weighted by atomic mass is 9.78. The van der Waals surface area contributed by atoms with Gasteiger partial charge < -0.3 is 20.7 Å². The number of rotatable bonds is 10. The second-order valence-corrected chi connectivity index (χ2v) is 10.0. The molecule has 1 saturated carbocycles. The minimum absolute atomic E-state index is 0.0216. The van der Waals surface area contributed by atoms with Gasteiger partial charge in [0.05, 0.1) is 11.1 Å². The second-order valence-electron chi connectivity index (χ2n) is 9.61. The van der Waals surface area contributed by atoms with Crippen LogP contribution >= 0.6 is 11.6 Å². The fourth-order valence-corrected chi connectivity index (χ4v) is 4.79. The molecule has 0 radical (unpaired) electrons. The summed E-state index contributed by atoms with van der Waals surface area (Å²) in [6.07, 6.45) is 3.69. The number of benzene rings is 2. The van der Waals surface area contributed by atoms with Gasteiger partial charge in [-0.05, 0) is 75.6 Å². The van der Waals surface area contributed by atoms with E-state index >= 15 is 0 Å². The van der Waals surface area contributed by atoms with Gasteiger partial charge >= 0.3 is 0 Å². The minimum Gasteiger partial charge on any atom is -0.489 e. The van der Waals surface area contributed by atoms with Crippen molar-refractivity contribution in [3.63, 3.8) is 0 Å². The predicted octanol–water partition coefficient (Wildman–Crippen LogP) is 4.48. The third-order valence-electron chi connectivity index (χ3n) is 6.52. The van der Waals surface area contributed by atoms with Gasteiger partial charge in [0.2, 0.25) is 11.8 Å². The van der Waals surface area contributed by atoms with Crippen LogP contribution in [0.3, 0.4) is 0 Å². The molecule has 3 rings (SSSR count). The van der Waals surface area contributed by atoms with Crippen LogP contribution in [0, 0.1) is 11.8 Å². The summed E-state index contributed by atoms with van der Waals surface area (Å²) < 4.78 is 5.62. The molecule has 0 saturated heterocycles. The summed E-state index contributed by atoms with van der Waals surface area (Å²) in [5.41, 5.74) is 1.44. The SMILES string of the molecule is CNC(=O)C(CC1CCC(C(=O)NCc2ccccc2)CC1)NC(=O)c1ccc(OC(C)C)c(Cl)c1. The van der Waals surface area contributed by atoms with Crippen molar-refractivity contribution in [1.82, 2.24) is 16.0 Å². The summed E-state index contributed by atoms with van der Waals surface area (Å²) in [4.78, 5) is 38.1. The fourth-order valence-electron chi connectivity index (χ4n) is 4.56. The molecule has 1 unspecified atom stereocenters. The van der Waals surface area contributed by atoms with Crippen LogP contribution in [0.15, 0.2) is 48.5 Å². The van der Waals surface area contributed by atoms with Crippen LogP contribution in [0.25, 0.3) is 0 Å². The first kappa shape index (κ1) is 27.5. The molecule has 1 atom stereocenters. The van der Waals surface area contributed by atoms with E-state index in [9.17, 15) is 14.4 Å². The van der Waals surface area contributed by atoms with Crippen molar-refractivity contribution in [2.75, 3.05) is 7.05 Å². The average Bonchev–Trinajstić information content (AvgIpc) is 2.88. The van der Waals surface area contributed by atoms with Crippen LogP contribution in [0.5, 0.6) is 5.75 Å². The first-order chi connectivity index (χ1) is 17.3. The van der Waals surface area contributed by atoms with Gasteiger partial charge in [0, 0.05) is 25.1 Å². The zero-order chi connectivity index (χ0) is 26.1. The third kappa shape index (κ3) is 7.98. The summed E-state index contributed by atoms with van der Waals surface area (Å²) in [6.45, 7) is 4.32. The molecule has 0 spiro atoms. The van der Waals surface area contributed by atoms with Gasteiger partial charge in [0.15, 0.2) is 0 Å². The number of carbonyl (C=O) groups excluding carboxylic acids is 3. The van der Waals surface area contributed by atoms with Gasteiger partial charge in [-0.25, -0.2) is 0 Å². The van der Waals surface area contributed by atoms with Crippen molar-refractivity contribution in [3.05, 3.63) is 64.7 Å². The Balaban J connectivity index is 1.52. The molecular formula is C28H36ClN3O4. The van der Waals surface area contributed by atoms with E-state index in [0.29, 0.717) is 29.3 Å². The largest absolute Gasteiger partial charge is 0.489 e. The number of likely N-dealkylation sites (N-methyl/N-ethyl adjacent to an activating group) is 1.